The molecule has 3 aromatic rings. The number of aryl methyl sites for hydroxylation is 1. The second kappa shape index (κ2) is 3.94. The Morgan fingerprint density at radius 1 is 0.882 bits per heavy atom. The number of rotatable bonds is 1. The first-order valence-corrected chi connectivity index (χ1v) is 5.48. The minimum Gasteiger partial charge on any atom is -0.265 e. The molecular weight excluding hydrogens is 210 g/mol. The van der Waals surface area contributed by atoms with E-state index in [1.807, 2.05) is 43.3 Å². The summed E-state index contributed by atoms with van der Waals surface area (Å²) in [7, 11) is 0. The van der Waals surface area contributed by atoms with Crippen molar-refractivity contribution >= 4 is 10.9 Å². The van der Waals surface area contributed by atoms with E-state index in [1.54, 1.807) is 12.4 Å². The van der Waals surface area contributed by atoms with E-state index < -0.39 is 0 Å². The lowest BCUT2D eigenvalue weighted by Gasteiger charge is -2.06. The normalized spacial score (nSPS) is 10.6. The van der Waals surface area contributed by atoms with E-state index in [9.17, 15) is 0 Å². The number of nitrogens with zero attached hydrogens (tertiary/aromatic N) is 3. The summed E-state index contributed by atoms with van der Waals surface area (Å²) in [6.07, 6.45) is 3.56. The SMILES string of the molecule is Cc1nc(-c2ccncc2)c2ccccc2n1. The summed E-state index contributed by atoms with van der Waals surface area (Å²) in [6.45, 7) is 1.91. The first-order valence-electron chi connectivity index (χ1n) is 5.48. The van der Waals surface area contributed by atoms with Crippen molar-refractivity contribution in [3.05, 3.63) is 54.6 Å². The Kier molecular flexibility index (Phi) is 2.29. The van der Waals surface area contributed by atoms with Crippen molar-refractivity contribution in [2.24, 2.45) is 0 Å². The minimum absolute atomic E-state index is 0.788. The molecule has 0 saturated heterocycles. The van der Waals surface area contributed by atoms with Crippen LogP contribution in [0.25, 0.3) is 22.2 Å². The van der Waals surface area contributed by atoms with E-state index in [2.05, 4.69) is 15.0 Å². The van der Waals surface area contributed by atoms with Crippen LogP contribution in [0.1, 0.15) is 5.82 Å². The lowest BCUT2D eigenvalue weighted by molar-refractivity contribution is 1.09. The fraction of sp³-hybridized carbons (Fsp3) is 0.0714. The number of hydrogen-bond acceptors (Lipinski definition) is 3. The maximum atomic E-state index is 4.53. The second-order valence-electron chi connectivity index (χ2n) is 3.87. The van der Waals surface area contributed by atoms with Crippen LogP contribution in [0.2, 0.25) is 0 Å². The van der Waals surface area contributed by atoms with Gasteiger partial charge in [-0.25, -0.2) is 9.97 Å². The Balaban J connectivity index is 2.36. The monoisotopic (exact) mass is 221 g/mol. The fourth-order valence-corrected chi connectivity index (χ4v) is 1.92. The molecule has 0 aliphatic carbocycles. The van der Waals surface area contributed by atoms with Gasteiger partial charge in [-0.3, -0.25) is 4.98 Å². The van der Waals surface area contributed by atoms with E-state index in [-0.39, 0.29) is 0 Å². The van der Waals surface area contributed by atoms with E-state index >= 15 is 0 Å². The van der Waals surface area contributed by atoms with Crippen LogP contribution in [-0.2, 0) is 0 Å². The summed E-state index contributed by atoms with van der Waals surface area (Å²) in [5.74, 6) is 0.788. The van der Waals surface area contributed by atoms with Gasteiger partial charge in [0.2, 0.25) is 0 Å². The number of hydrogen-bond donors (Lipinski definition) is 0. The van der Waals surface area contributed by atoms with Crippen LogP contribution in [0, 0.1) is 6.92 Å². The predicted octanol–water partition coefficient (Wildman–Crippen LogP) is 3.00. The van der Waals surface area contributed by atoms with Crippen molar-refractivity contribution in [1.82, 2.24) is 15.0 Å². The molecule has 0 aliphatic rings. The van der Waals surface area contributed by atoms with Crippen molar-refractivity contribution in [1.29, 1.82) is 0 Å². The summed E-state index contributed by atoms with van der Waals surface area (Å²) in [5, 5.41) is 1.07. The standard InChI is InChI=1S/C14H11N3/c1-10-16-13-5-3-2-4-12(13)14(17-10)11-6-8-15-9-7-11/h2-9H,1H3. The van der Waals surface area contributed by atoms with Gasteiger partial charge in [-0.1, -0.05) is 18.2 Å². The van der Waals surface area contributed by atoms with Crippen molar-refractivity contribution in [2.75, 3.05) is 0 Å². The lowest BCUT2D eigenvalue weighted by Crippen LogP contribution is -1.93. The van der Waals surface area contributed by atoms with Gasteiger partial charge in [0.25, 0.3) is 0 Å². The topological polar surface area (TPSA) is 38.7 Å². The molecule has 2 aromatic heterocycles. The lowest BCUT2D eigenvalue weighted by atomic mass is 10.1. The van der Waals surface area contributed by atoms with Crippen molar-refractivity contribution < 1.29 is 0 Å². The van der Waals surface area contributed by atoms with Crippen LogP contribution in [0.4, 0.5) is 0 Å². The summed E-state index contributed by atoms with van der Waals surface area (Å²) in [4.78, 5) is 13.0. The average molecular weight is 221 g/mol. The molecule has 0 unspecified atom stereocenters. The highest BCUT2D eigenvalue weighted by atomic mass is 14.9. The maximum absolute atomic E-state index is 4.53. The maximum Gasteiger partial charge on any atom is 0.126 e. The molecule has 0 aliphatic heterocycles. The summed E-state index contributed by atoms with van der Waals surface area (Å²) < 4.78 is 0. The number of para-hydroxylation sites is 1. The zero-order valence-corrected chi connectivity index (χ0v) is 9.46. The summed E-state index contributed by atoms with van der Waals surface area (Å²) >= 11 is 0. The van der Waals surface area contributed by atoms with E-state index in [0.29, 0.717) is 0 Å². The third-order valence-electron chi connectivity index (χ3n) is 2.67. The van der Waals surface area contributed by atoms with Gasteiger partial charge < -0.3 is 0 Å². The molecule has 0 fully saturated rings. The molecule has 0 bridgehead atoms. The zero-order chi connectivity index (χ0) is 11.7. The highest BCUT2D eigenvalue weighted by Crippen LogP contribution is 2.25. The minimum atomic E-state index is 0.788. The van der Waals surface area contributed by atoms with Gasteiger partial charge in [0.1, 0.15) is 5.82 Å². The quantitative estimate of drug-likeness (QED) is 0.634. The Hall–Kier alpha value is -2.29. The molecule has 0 atom stereocenters. The van der Waals surface area contributed by atoms with Crippen LogP contribution in [-0.4, -0.2) is 15.0 Å². The molecule has 2 heterocycles. The highest BCUT2D eigenvalue weighted by molar-refractivity contribution is 5.92. The van der Waals surface area contributed by atoms with Crippen LogP contribution in [0.5, 0.6) is 0 Å². The Bertz CT molecular complexity index is 663. The van der Waals surface area contributed by atoms with Gasteiger partial charge in [-0.2, -0.15) is 0 Å². The Morgan fingerprint density at radius 3 is 2.47 bits per heavy atom. The molecule has 0 radical (unpaired) electrons. The van der Waals surface area contributed by atoms with Crippen molar-refractivity contribution in [3.8, 4) is 11.3 Å². The molecule has 1 aromatic carbocycles. The van der Waals surface area contributed by atoms with Gasteiger partial charge in [-0.15, -0.1) is 0 Å². The van der Waals surface area contributed by atoms with Crippen LogP contribution >= 0.6 is 0 Å². The van der Waals surface area contributed by atoms with Gasteiger partial charge in [0.15, 0.2) is 0 Å². The number of benzene rings is 1. The average Bonchev–Trinajstić information content (AvgIpc) is 2.39. The summed E-state index contributed by atoms with van der Waals surface area (Å²) in [5.41, 5.74) is 3.02. The van der Waals surface area contributed by atoms with Gasteiger partial charge in [0.05, 0.1) is 11.2 Å². The third-order valence-corrected chi connectivity index (χ3v) is 2.67. The van der Waals surface area contributed by atoms with E-state index in [0.717, 1.165) is 28.0 Å². The molecule has 0 amide bonds. The largest absolute Gasteiger partial charge is 0.265 e. The van der Waals surface area contributed by atoms with Crippen LogP contribution < -0.4 is 0 Å². The molecule has 17 heavy (non-hydrogen) atoms. The van der Waals surface area contributed by atoms with E-state index in [4.69, 9.17) is 0 Å². The van der Waals surface area contributed by atoms with Gasteiger partial charge >= 0.3 is 0 Å². The fourth-order valence-electron chi connectivity index (χ4n) is 1.92. The van der Waals surface area contributed by atoms with Gasteiger partial charge in [-0.05, 0) is 25.1 Å². The molecule has 82 valence electrons. The van der Waals surface area contributed by atoms with Gasteiger partial charge in [0, 0.05) is 23.3 Å². The van der Waals surface area contributed by atoms with Crippen molar-refractivity contribution in [3.63, 3.8) is 0 Å². The molecule has 0 saturated carbocycles. The number of pyridine rings is 1. The first-order chi connectivity index (χ1) is 8.34. The van der Waals surface area contributed by atoms with E-state index in [1.165, 1.54) is 0 Å². The first kappa shape index (κ1) is 9.90. The molecule has 3 rings (SSSR count). The molecule has 0 N–H and O–H groups in total. The number of aromatic nitrogens is 3. The van der Waals surface area contributed by atoms with Crippen LogP contribution in [0.15, 0.2) is 48.8 Å². The molecule has 3 nitrogen and oxygen atoms in total. The predicted molar refractivity (Wildman–Crippen MR) is 67.5 cm³/mol. The van der Waals surface area contributed by atoms with Crippen molar-refractivity contribution in [2.45, 2.75) is 6.92 Å². The zero-order valence-electron chi connectivity index (χ0n) is 9.46. The Morgan fingerprint density at radius 2 is 1.65 bits per heavy atom. The molecule has 3 heteroatoms. The second-order valence-corrected chi connectivity index (χ2v) is 3.87. The number of fused-ring (bicyclic) bond motifs is 1. The highest BCUT2D eigenvalue weighted by Gasteiger charge is 2.06. The summed E-state index contributed by atoms with van der Waals surface area (Å²) in [6, 6.07) is 12.0. The smallest absolute Gasteiger partial charge is 0.126 e. The molecular formula is C14H11N3. The third kappa shape index (κ3) is 1.76. The van der Waals surface area contributed by atoms with Crippen LogP contribution in [0.3, 0.4) is 0 Å². The molecule has 0 spiro atoms. The Labute approximate surface area is 99.2 Å².